The molecular formula is C25H30FN3O6S. The summed E-state index contributed by atoms with van der Waals surface area (Å²) in [5.74, 6) is -0.920. The number of anilines is 1. The molecule has 0 aliphatic carbocycles. The highest BCUT2D eigenvalue weighted by Gasteiger charge is 2.32. The molecule has 0 atom stereocenters. The molecule has 3 rings (SSSR count). The van der Waals surface area contributed by atoms with Gasteiger partial charge in [-0.15, -0.1) is 0 Å². The van der Waals surface area contributed by atoms with Gasteiger partial charge in [0.2, 0.25) is 10.0 Å². The number of carbonyl (C=O) groups is 2. The normalized spacial score (nSPS) is 12.5. The molecular weight excluding hydrogens is 489 g/mol. The van der Waals surface area contributed by atoms with E-state index in [2.05, 4.69) is 4.98 Å². The molecule has 2 heterocycles. The van der Waals surface area contributed by atoms with E-state index in [9.17, 15) is 22.4 Å². The van der Waals surface area contributed by atoms with E-state index in [1.807, 2.05) is 0 Å². The van der Waals surface area contributed by atoms with Crippen molar-refractivity contribution in [1.82, 2.24) is 9.55 Å². The maximum absolute atomic E-state index is 14.8. The van der Waals surface area contributed by atoms with Crippen LogP contribution in [-0.2, 0) is 19.5 Å². The minimum absolute atomic E-state index is 0.299. The number of ether oxygens (including phenoxy) is 2. The van der Waals surface area contributed by atoms with E-state index in [1.165, 1.54) is 22.9 Å². The fourth-order valence-corrected chi connectivity index (χ4v) is 4.24. The quantitative estimate of drug-likeness (QED) is 0.441. The van der Waals surface area contributed by atoms with Gasteiger partial charge in [-0.25, -0.2) is 31.9 Å². The van der Waals surface area contributed by atoms with Gasteiger partial charge in [-0.05, 0) is 77.8 Å². The Morgan fingerprint density at radius 3 is 2.17 bits per heavy atom. The largest absolute Gasteiger partial charge is 0.443 e. The molecule has 0 saturated heterocycles. The number of fused-ring (bicyclic) bond motifs is 1. The molecule has 0 aliphatic heterocycles. The molecule has 1 amide bonds. The van der Waals surface area contributed by atoms with Gasteiger partial charge in [-0.2, -0.15) is 4.31 Å². The Morgan fingerprint density at radius 2 is 1.61 bits per heavy atom. The second kappa shape index (κ2) is 9.20. The molecule has 194 valence electrons. The molecule has 0 bridgehead atoms. The van der Waals surface area contributed by atoms with Crippen LogP contribution in [0.4, 0.5) is 19.7 Å². The molecule has 0 saturated carbocycles. The molecule has 0 fully saturated rings. The van der Waals surface area contributed by atoms with Crippen molar-refractivity contribution < 1.29 is 31.9 Å². The van der Waals surface area contributed by atoms with E-state index in [0.29, 0.717) is 26.5 Å². The Morgan fingerprint density at radius 1 is 1.00 bits per heavy atom. The monoisotopic (exact) mass is 519 g/mol. The third-order valence-electron chi connectivity index (χ3n) is 4.82. The summed E-state index contributed by atoms with van der Waals surface area (Å²) in [5.41, 5.74) is -0.118. The van der Waals surface area contributed by atoms with Crippen molar-refractivity contribution in [2.24, 2.45) is 0 Å². The van der Waals surface area contributed by atoms with Crippen LogP contribution in [0.5, 0.6) is 0 Å². The number of rotatable bonds is 3. The topological polar surface area (TPSA) is 108 Å². The van der Waals surface area contributed by atoms with E-state index in [0.717, 1.165) is 17.9 Å². The van der Waals surface area contributed by atoms with Crippen LogP contribution >= 0.6 is 0 Å². The Kier molecular flexibility index (Phi) is 6.93. The minimum atomic E-state index is -4.23. The van der Waals surface area contributed by atoms with Crippen molar-refractivity contribution >= 4 is 38.9 Å². The molecule has 0 N–H and O–H groups in total. The molecule has 36 heavy (non-hydrogen) atoms. The number of benzene rings is 1. The lowest BCUT2D eigenvalue weighted by Crippen LogP contribution is -2.40. The van der Waals surface area contributed by atoms with Crippen LogP contribution in [0.15, 0.2) is 36.7 Å². The van der Waals surface area contributed by atoms with Gasteiger partial charge in [0.15, 0.2) is 0 Å². The second-order valence-corrected chi connectivity index (χ2v) is 12.3. The van der Waals surface area contributed by atoms with Gasteiger partial charge >= 0.3 is 12.2 Å². The predicted molar refractivity (Wildman–Crippen MR) is 135 cm³/mol. The Balaban J connectivity index is 2.09. The van der Waals surface area contributed by atoms with Crippen molar-refractivity contribution in [2.45, 2.75) is 59.7 Å². The van der Waals surface area contributed by atoms with E-state index < -0.39 is 44.9 Å². The van der Waals surface area contributed by atoms with E-state index in [4.69, 9.17) is 9.47 Å². The lowest BCUT2D eigenvalue weighted by molar-refractivity contribution is 0.0541. The summed E-state index contributed by atoms with van der Waals surface area (Å²) >= 11 is 0. The number of pyridine rings is 1. The van der Waals surface area contributed by atoms with Crippen molar-refractivity contribution in [3.8, 4) is 11.1 Å². The zero-order chi connectivity index (χ0) is 27.2. The average molecular weight is 520 g/mol. The predicted octanol–water partition coefficient (Wildman–Crippen LogP) is 5.64. The van der Waals surface area contributed by atoms with Crippen molar-refractivity contribution in [1.29, 1.82) is 0 Å². The fraction of sp³-hybridized carbons (Fsp3) is 0.400. The number of carbonyl (C=O) groups excluding carboxylic acids is 2. The van der Waals surface area contributed by atoms with E-state index >= 15 is 0 Å². The van der Waals surface area contributed by atoms with Gasteiger partial charge in [0.1, 0.15) is 22.7 Å². The maximum atomic E-state index is 14.8. The number of amides is 1. The minimum Gasteiger partial charge on any atom is -0.443 e. The van der Waals surface area contributed by atoms with Crippen LogP contribution in [0.1, 0.15) is 47.1 Å². The zero-order valence-electron chi connectivity index (χ0n) is 21.5. The molecule has 11 heteroatoms. The number of hydrogen-bond donors (Lipinski definition) is 0. The third kappa shape index (κ3) is 6.01. The number of halogens is 1. The number of aryl methyl sites for hydroxylation is 1. The van der Waals surface area contributed by atoms with Gasteiger partial charge in [0.25, 0.3) is 0 Å². The fourth-order valence-electron chi connectivity index (χ4n) is 3.44. The van der Waals surface area contributed by atoms with Crippen LogP contribution in [-0.4, -0.2) is 47.6 Å². The second-order valence-electron chi connectivity index (χ2n) is 10.4. The Labute approximate surface area is 209 Å². The van der Waals surface area contributed by atoms with E-state index in [1.54, 1.807) is 60.7 Å². The summed E-state index contributed by atoms with van der Waals surface area (Å²) < 4.78 is 52.0. The van der Waals surface area contributed by atoms with Gasteiger partial charge in [-0.1, -0.05) is 6.07 Å². The van der Waals surface area contributed by atoms with Crippen LogP contribution in [0.25, 0.3) is 22.2 Å². The van der Waals surface area contributed by atoms with Crippen LogP contribution < -0.4 is 4.31 Å². The first-order valence-electron chi connectivity index (χ1n) is 11.1. The Hall–Kier alpha value is -3.47. The van der Waals surface area contributed by atoms with Crippen molar-refractivity contribution in [2.75, 3.05) is 10.6 Å². The summed E-state index contributed by atoms with van der Waals surface area (Å²) in [6.45, 7) is 11.8. The maximum Gasteiger partial charge on any atom is 0.428 e. The lowest BCUT2D eigenvalue weighted by atomic mass is 10.0. The molecule has 2 aromatic heterocycles. The van der Waals surface area contributed by atoms with Gasteiger partial charge in [-0.3, -0.25) is 0 Å². The first kappa shape index (κ1) is 27.1. The van der Waals surface area contributed by atoms with Gasteiger partial charge in [0, 0.05) is 23.3 Å². The molecule has 0 unspecified atom stereocenters. The smallest absolute Gasteiger partial charge is 0.428 e. The Bertz CT molecular complexity index is 1450. The first-order valence-corrected chi connectivity index (χ1v) is 13.0. The average Bonchev–Trinajstić information content (AvgIpc) is 3.02. The molecule has 9 nitrogen and oxygen atoms in total. The number of sulfonamides is 1. The zero-order valence-corrected chi connectivity index (χ0v) is 22.4. The van der Waals surface area contributed by atoms with Crippen LogP contribution in [0.2, 0.25) is 0 Å². The lowest BCUT2D eigenvalue weighted by Gasteiger charge is -2.26. The standard InChI is InChI=1S/C25H30FN3O6S/c1-15-14-28(22(30)34-24(2,3)4)21-18(15)11-17(13-27-21)16-9-10-19(26)20(12-16)29(36(8,32)33)23(31)35-25(5,6)7/h9-14H,1-8H3. The summed E-state index contributed by atoms with van der Waals surface area (Å²) in [6, 6.07) is 5.49. The van der Waals surface area contributed by atoms with Crippen molar-refractivity contribution in [3.05, 3.63) is 48.0 Å². The highest BCUT2D eigenvalue weighted by molar-refractivity contribution is 7.92. The van der Waals surface area contributed by atoms with E-state index in [-0.39, 0.29) is 0 Å². The summed E-state index contributed by atoms with van der Waals surface area (Å²) in [7, 11) is -4.23. The summed E-state index contributed by atoms with van der Waals surface area (Å²) in [6.07, 6.45) is 2.07. The number of hydrogen-bond acceptors (Lipinski definition) is 7. The van der Waals surface area contributed by atoms with Gasteiger partial charge in [0.05, 0.1) is 11.9 Å². The molecule has 3 aromatic rings. The molecule has 0 radical (unpaired) electrons. The first-order chi connectivity index (χ1) is 16.4. The molecule has 1 aromatic carbocycles. The van der Waals surface area contributed by atoms with Gasteiger partial charge < -0.3 is 9.47 Å². The molecule has 0 aliphatic rings. The number of aromatic nitrogens is 2. The number of nitrogens with zero attached hydrogens (tertiary/aromatic N) is 3. The highest BCUT2D eigenvalue weighted by Crippen LogP contribution is 2.32. The van der Waals surface area contributed by atoms with Crippen LogP contribution in [0.3, 0.4) is 0 Å². The summed E-state index contributed by atoms with van der Waals surface area (Å²) in [5, 5.41) is 0.649. The van der Waals surface area contributed by atoms with Crippen molar-refractivity contribution in [3.63, 3.8) is 0 Å². The van der Waals surface area contributed by atoms with Crippen LogP contribution in [0, 0.1) is 12.7 Å². The third-order valence-corrected chi connectivity index (χ3v) is 5.83. The molecule has 0 spiro atoms. The summed E-state index contributed by atoms with van der Waals surface area (Å²) in [4.78, 5) is 29.7. The SMILES string of the molecule is Cc1cn(C(=O)OC(C)(C)C)c2ncc(-c3ccc(F)c(N(C(=O)OC(C)(C)C)S(C)(=O)=O)c3)cc12. The highest BCUT2D eigenvalue weighted by atomic mass is 32.2.